The van der Waals surface area contributed by atoms with Crippen molar-refractivity contribution in [2.45, 2.75) is 70.5 Å². The molecule has 176 valence electrons. The van der Waals surface area contributed by atoms with Crippen molar-refractivity contribution in [3.63, 3.8) is 0 Å². The number of aromatic nitrogens is 1. The van der Waals surface area contributed by atoms with E-state index in [4.69, 9.17) is 4.74 Å². The Balaban J connectivity index is 1.57. The van der Waals surface area contributed by atoms with E-state index in [1.54, 1.807) is 11.1 Å². The third kappa shape index (κ3) is 4.85. The minimum Gasteiger partial charge on any atom is -0.444 e. The average molecular weight is 454 g/mol. The van der Waals surface area contributed by atoms with E-state index in [0.29, 0.717) is 38.8 Å². The predicted octanol–water partition coefficient (Wildman–Crippen LogP) is 3.28. The van der Waals surface area contributed by atoms with Crippen LogP contribution in [-0.4, -0.2) is 51.6 Å². The molecule has 1 aromatic heterocycles. The molecule has 2 saturated heterocycles. The second-order valence-electron chi connectivity index (χ2n) is 10.1. The van der Waals surface area contributed by atoms with E-state index in [9.17, 15) is 19.5 Å². The van der Waals surface area contributed by atoms with Crippen LogP contribution in [0.1, 0.15) is 69.1 Å². The van der Waals surface area contributed by atoms with E-state index in [1.165, 1.54) is 0 Å². The first-order valence-electron chi connectivity index (χ1n) is 11.4. The zero-order valence-corrected chi connectivity index (χ0v) is 19.6. The Morgan fingerprint density at radius 1 is 1.21 bits per heavy atom. The van der Waals surface area contributed by atoms with Gasteiger partial charge in [0.2, 0.25) is 11.8 Å². The number of ether oxygens (including phenoxy) is 1. The van der Waals surface area contributed by atoms with Crippen LogP contribution in [0.15, 0.2) is 24.4 Å². The van der Waals surface area contributed by atoms with Crippen LogP contribution in [0.4, 0.5) is 4.79 Å². The quantitative estimate of drug-likeness (QED) is 0.676. The molecule has 0 bridgehead atoms. The van der Waals surface area contributed by atoms with Crippen LogP contribution >= 0.6 is 0 Å². The van der Waals surface area contributed by atoms with Crippen LogP contribution in [0.2, 0.25) is 0 Å². The van der Waals surface area contributed by atoms with Crippen molar-refractivity contribution in [1.29, 1.82) is 0 Å². The molecule has 2 N–H and O–H groups in total. The van der Waals surface area contributed by atoms with Gasteiger partial charge < -0.3 is 14.7 Å². The monoisotopic (exact) mass is 453 g/mol. The Morgan fingerprint density at radius 2 is 1.91 bits per heavy atom. The van der Waals surface area contributed by atoms with Gasteiger partial charge in [-0.3, -0.25) is 19.9 Å². The lowest BCUT2D eigenvalue weighted by atomic mass is 9.82. The van der Waals surface area contributed by atoms with Crippen LogP contribution < -0.4 is 5.32 Å². The summed E-state index contributed by atoms with van der Waals surface area (Å²) >= 11 is 0. The average Bonchev–Trinajstić information content (AvgIpc) is 2.72. The number of likely N-dealkylation sites (tertiary alicyclic amines) is 1. The van der Waals surface area contributed by atoms with E-state index in [2.05, 4.69) is 10.3 Å². The summed E-state index contributed by atoms with van der Waals surface area (Å²) in [6.45, 7) is 8.25. The Hall–Kier alpha value is -3.00. The summed E-state index contributed by atoms with van der Waals surface area (Å²) in [5.74, 6) is -0.958. The highest BCUT2D eigenvalue weighted by molar-refractivity contribution is 6.01. The van der Waals surface area contributed by atoms with Gasteiger partial charge in [-0.05, 0) is 75.8 Å². The molecule has 2 aromatic rings. The Kier molecular flexibility index (Phi) is 5.90. The van der Waals surface area contributed by atoms with E-state index < -0.39 is 17.1 Å². The van der Waals surface area contributed by atoms with Gasteiger partial charge in [0, 0.05) is 31.1 Å². The maximum absolute atomic E-state index is 12.4. The molecule has 8 nitrogen and oxygen atoms in total. The predicted molar refractivity (Wildman–Crippen MR) is 123 cm³/mol. The summed E-state index contributed by atoms with van der Waals surface area (Å²) in [6, 6.07) is 5.80. The number of rotatable bonds is 2. The summed E-state index contributed by atoms with van der Waals surface area (Å²) < 4.78 is 5.46. The Bertz CT molecular complexity index is 1110. The minimum atomic E-state index is -1.07. The van der Waals surface area contributed by atoms with Crippen molar-refractivity contribution in [2.75, 3.05) is 13.1 Å². The normalized spacial score (nSPS) is 21.1. The molecule has 0 saturated carbocycles. The second-order valence-corrected chi connectivity index (χ2v) is 10.1. The largest absolute Gasteiger partial charge is 0.444 e. The molecule has 33 heavy (non-hydrogen) atoms. The van der Waals surface area contributed by atoms with Gasteiger partial charge in [0.25, 0.3) is 0 Å². The summed E-state index contributed by atoms with van der Waals surface area (Å²) in [4.78, 5) is 42.4. The highest BCUT2D eigenvalue weighted by Gasteiger charge is 2.37. The molecule has 1 unspecified atom stereocenters. The van der Waals surface area contributed by atoms with Crippen molar-refractivity contribution in [3.05, 3.63) is 41.1 Å². The number of aliphatic hydroxyl groups is 1. The number of aryl methyl sites for hydroxylation is 1. The molecule has 0 aliphatic carbocycles. The van der Waals surface area contributed by atoms with E-state index in [-0.39, 0.29) is 17.9 Å². The maximum Gasteiger partial charge on any atom is 0.410 e. The highest BCUT2D eigenvalue weighted by atomic mass is 16.6. The summed E-state index contributed by atoms with van der Waals surface area (Å²) in [7, 11) is 0. The molecule has 0 radical (unpaired) electrons. The fraction of sp³-hybridized carbons (Fsp3) is 0.520. The van der Waals surface area contributed by atoms with Crippen LogP contribution in [-0.2, 0) is 19.9 Å². The first-order chi connectivity index (χ1) is 15.4. The number of amides is 3. The van der Waals surface area contributed by atoms with E-state index in [1.807, 2.05) is 45.9 Å². The molecule has 1 atom stereocenters. The maximum atomic E-state index is 12.4. The highest BCUT2D eigenvalue weighted by Crippen LogP contribution is 2.36. The zero-order valence-electron chi connectivity index (χ0n) is 19.6. The van der Waals surface area contributed by atoms with Gasteiger partial charge in [-0.25, -0.2) is 4.79 Å². The van der Waals surface area contributed by atoms with Crippen molar-refractivity contribution in [2.24, 2.45) is 0 Å². The van der Waals surface area contributed by atoms with Crippen LogP contribution in [0.25, 0.3) is 10.9 Å². The molecule has 4 rings (SSSR count). The van der Waals surface area contributed by atoms with Crippen LogP contribution in [0, 0.1) is 6.92 Å². The van der Waals surface area contributed by atoms with Gasteiger partial charge in [-0.15, -0.1) is 0 Å². The third-order valence-electron chi connectivity index (χ3n) is 6.42. The molecule has 2 aliphatic heterocycles. The molecule has 3 amide bonds. The number of benzene rings is 1. The minimum absolute atomic E-state index is 0.247. The Labute approximate surface area is 193 Å². The standard InChI is InChI=1S/C25H31N3O5/c1-15-11-18(25(32)7-9-28(10-8-25)23(31)33-24(2,3)4)13-16-12-17(14-26-21(15)16)19-5-6-20(29)27-22(19)30/h11-14,19,32H,5-10H2,1-4H3,(H,27,29,30). The number of nitrogens with zero attached hydrogens (tertiary/aromatic N) is 2. The van der Waals surface area contributed by atoms with Gasteiger partial charge >= 0.3 is 6.09 Å². The smallest absolute Gasteiger partial charge is 0.410 e. The lowest BCUT2D eigenvalue weighted by Gasteiger charge is -2.39. The number of carbonyl (C=O) groups excluding carboxylic acids is 3. The van der Waals surface area contributed by atoms with Crippen molar-refractivity contribution < 1.29 is 24.2 Å². The van der Waals surface area contributed by atoms with Gasteiger partial charge in [0.1, 0.15) is 5.60 Å². The van der Waals surface area contributed by atoms with Crippen molar-refractivity contribution in [3.8, 4) is 0 Å². The van der Waals surface area contributed by atoms with Crippen molar-refractivity contribution >= 4 is 28.8 Å². The fourth-order valence-corrected chi connectivity index (χ4v) is 4.59. The molecule has 3 heterocycles. The number of hydrogen-bond donors (Lipinski definition) is 2. The fourth-order valence-electron chi connectivity index (χ4n) is 4.59. The molecule has 0 spiro atoms. The number of carbonyl (C=O) groups is 3. The number of pyridine rings is 1. The molecular formula is C25H31N3O5. The first kappa shape index (κ1) is 23.2. The summed E-state index contributed by atoms with van der Waals surface area (Å²) in [6.07, 6.45) is 2.90. The van der Waals surface area contributed by atoms with Gasteiger partial charge in [0.05, 0.1) is 17.0 Å². The SMILES string of the molecule is Cc1cc(C2(O)CCN(C(=O)OC(C)(C)C)CC2)cc2cc(C3CCC(=O)NC3=O)cnc12. The second kappa shape index (κ2) is 8.41. The van der Waals surface area contributed by atoms with Gasteiger partial charge in [-0.1, -0.05) is 6.07 Å². The van der Waals surface area contributed by atoms with E-state index >= 15 is 0 Å². The third-order valence-corrected chi connectivity index (χ3v) is 6.42. The topological polar surface area (TPSA) is 109 Å². The number of fused-ring (bicyclic) bond motifs is 1. The summed E-state index contributed by atoms with van der Waals surface area (Å²) in [5.41, 5.74) is 1.65. The number of imide groups is 1. The van der Waals surface area contributed by atoms with Crippen LogP contribution in [0.3, 0.4) is 0 Å². The summed E-state index contributed by atoms with van der Waals surface area (Å²) in [5, 5.41) is 14.7. The van der Waals surface area contributed by atoms with Crippen molar-refractivity contribution in [1.82, 2.24) is 15.2 Å². The molecule has 8 heteroatoms. The van der Waals surface area contributed by atoms with Gasteiger partial charge in [-0.2, -0.15) is 0 Å². The zero-order chi connectivity index (χ0) is 24.0. The van der Waals surface area contributed by atoms with E-state index in [0.717, 1.165) is 27.6 Å². The first-order valence-corrected chi connectivity index (χ1v) is 11.4. The molecular weight excluding hydrogens is 422 g/mol. The number of nitrogens with one attached hydrogen (secondary N) is 1. The van der Waals surface area contributed by atoms with Gasteiger partial charge in [0.15, 0.2) is 0 Å². The molecule has 1 aromatic carbocycles. The number of piperidine rings is 2. The Morgan fingerprint density at radius 3 is 2.55 bits per heavy atom. The number of hydrogen-bond acceptors (Lipinski definition) is 6. The molecule has 2 fully saturated rings. The lowest BCUT2D eigenvalue weighted by molar-refractivity contribution is -0.134. The lowest BCUT2D eigenvalue weighted by Crippen LogP contribution is -2.46. The van der Waals surface area contributed by atoms with Crippen LogP contribution in [0.5, 0.6) is 0 Å². The molecule has 2 aliphatic rings.